The third kappa shape index (κ3) is 3.61. The van der Waals surface area contributed by atoms with Gasteiger partial charge in [0.25, 0.3) is 5.56 Å². The molecule has 2 heterocycles. The summed E-state index contributed by atoms with van der Waals surface area (Å²) in [5.41, 5.74) is 0.247. The number of hydrogen-bond donors (Lipinski definition) is 1. The fourth-order valence-corrected chi connectivity index (χ4v) is 2.90. The largest absolute Gasteiger partial charge is 0.494 e. The molecule has 0 aliphatic rings. The Bertz CT molecular complexity index is 1130. The van der Waals surface area contributed by atoms with Crippen LogP contribution in [0.25, 0.3) is 0 Å². The highest BCUT2D eigenvalue weighted by molar-refractivity contribution is 6.43. The number of aliphatic imine (C=N–C) groups is 1. The zero-order valence-electron chi connectivity index (χ0n) is 14.1. The third-order valence-corrected chi connectivity index (χ3v) is 4.81. The Balaban J connectivity index is 2.15. The van der Waals surface area contributed by atoms with Gasteiger partial charge in [-0.15, -0.1) is 0 Å². The molecule has 3 rings (SSSR count). The molecule has 1 N–H and O–H groups in total. The number of aromatic nitrogens is 1. The van der Waals surface area contributed by atoms with Gasteiger partial charge in [-0.2, -0.15) is 5.26 Å². The molecular weight excluding hydrogens is 389 g/mol. The fraction of sp³-hybridized carbons (Fsp3) is 0.105. The van der Waals surface area contributed by atoms with E-state index in [1.54, 1.807) is 37.3 Å². The smallest absolute Gasteiger partial charge is 0.271 e. The van der Waals surface area contributed by atoms with E-state index in [1.807, 2.05) is 6.07 Å². The van der Waals surface area contributed by atoms with Crippen LogP contribution in [0.4, 0.5) is 5.69 Å². The van der Waals surface area contributed by atoms with Gasteiger partial charge < -0.3 is 9.52 Å². The lowest BCUT2D eigenvalue weighted by Gasteiger charge is -2.13. The summed E-state index contributed by atoms with van der Waals surface area (Å²) in [6, 6.07) is 10.2. The van der Waals surface area contributed by atoms with Crippen molar-refractivity contribution >= 4 is 35.1 Å². The summed E-state index contributed by atoms with van der Waals surface area (Å²) >= 11 is 12.1. The average Bonchev–Trinajstić information content (AvgIpc) is 3.15. The molecule has 3 aromatic rings. The van der Waals surface area contributed by atoms with Crippen LogP contribution in [0, 0.1) is 18.3 Å². The van der Waals surface area contributed by atoms with E-state index >= 15 is 0 Å². The summed E-state index contributed by atoms with van der Waals surface area (Å²) in [5.74, 6) is 0.135. The highest BCUT2D eigenvalue weighted by Gasteiger charge is 2.19. The first-order valence-corrected chi connectivity index (χ1v) is 8.56. The number of furan rings is 1. The Morgan fingerprint density at radius 1 is 1.33 bits per heavy atom. The molecular formula is C19H13Cl2N3O3. The Kier molecular flexibility index (Phi) is 5.36. The van der Waals surface area contributed by atoms with Crippen molar-refractivity contribution in [2.45, 2.75) is 13.5 Å². The first-order chi connectivity index (χ1) is 12.9. The van der Waals surface area contributed by atoms with Crippen molar-refractivity contribution in [3.63, 3.8) is 0 Å². The van der Waals surface area contributed by atoms with Gasteiger partial charge in [0, 0.05) is 6.21 Å². The highest BCUT2D eigenvalue weighted by atomic mass is 35.5. The second-order valence-corrected chi connectivity index (χ2v) is 6.44. The van der Waals surface area contributed by atoms with E-state index in [0.717, 1.165) is 4.57 Å². The van der Waals surface area contributed by atoms with Crippen LogP contribution in [0.15, 0.2) is 50.8 Å². The number of nitriles is 1. The molecule has 2 aromatic heterocycles. The van der Waals surface area contributed by atoms with Crippen molar-refractivity contribution in [2.75, 3.05) is 0 Å². The number of pyridine rings is 1. The summed E-state index contributed by atoms with van der Waals surface area (Å²) in [5, 5.41) is 20.6. The van der Waals surface area contributed by atoms with Gasteiger partial charge in [0.15, 0.2) is 0 Å². The summed E-state index contributed by atoms with van der Waals surface area (Å²) in [6.07, 6.45) is 2.81. The van der Waals surface area contributed by atoms with Gasteiger partial charge in [-0.3, -0.25) is 14.4 Å². The van der Waals surface area contributed by atoms with Gasteiger partial charge in [-0.25, -0.2) is 0 Å². The molecule has 0 spiro atoms. The molecule has 6 nitrogen and oxygen atoms in total. The van der Waals surface area contributed by atoms with Crippen molar-refractivity contribution in [2.24, 2.45) is 4.99 Å². The van der Waals surface area contributed by atoms with Crippen LogP contribution < -0.4 is 5.56 Å². The minimum absolute atomic E-state index is 0.0224. The lowest BCUT2D eigenvalue weighted by Crippen LogP contribution is -2.25. The predicted octanol–water partition coefficient (Wildman–Crippen LogP) is 4.43. The molecule has 136 valence electrons. The van der Waals surface area contributed by atoms with Gasteiger partial charge in [-0.1, -0.05) is 29.3 Å². The molecule has 27 heavy (non-hydrogen) atoms. The maximum atomic E-state index is 12.5. The molecule has 0 amide bonds. The van der Waals surface area contributed by atoms with Gasteiger partial charge >= 0.3 is 0 Å². The molecule has 0 aliphatic carbocycles. The zero-order chi connectivity index (χ0) is 19.6. The van der Waals surface area contributed by atoms with Crippen molar-refractivity contribution in [3.8, 4) is 11.9 Å². The number of halogens is 2. The topological polar surface area (TPSA) is 91.5 Å². The third-order valence-electron chi connectivity index (χ3n) is 4.00. The molecule has 0 bridgehead atoms. The van der Waals surface area contributed by atoms with Gasteiger partial charge in [-0.05, 0) is 36.8 Å². The normalized spacial score (nSPS) is 11.0. The number of nitrogens with zero attached hydrogens (tertiary/aromatic N) is 3. The number of rotatable bonds is 4. The van der Waals surface area contributed by atoms with Crippen molar-refractivity contribution in [3.05, 3.63) is 79.4 Å². The lowest BCUT2D eigenvalue weighted by atomic mass is 10.1. The van der Waals surface area contributed by atoms with Crippen molar-refractivity contribution < 1.29 is 9.52 Å². The zero-order valence-corrected chi connectivity index (χ0v) is 15.6. The van der Waals surface area contributed by atoms with E-state index in [4.69, 9.17) is 27.6 Å². The molecule has 0 aliphatic heterocycles. The van der Waals surface area contributed by atoms with Crippen molar-refractivity contribution in [1.29, 1.82) is 5.26 Å². The van der Waals surface area contributed by atoms with Crippen molar-refractivity contribution in [1.82, 2.24) is 4.57 Å². The minimum atomic E-state index is -0.609. The quantitative estimate of drug-likeness (QED) is 0.654. The molecule has 8 heteroatoms. The Morgan fingerprint density at radius 2 is 2.11 bits per heavy atom. The van der Waals surface area contributed by atoms with E-state index in [1.165, 1.54) is 12.5 Å². The second kappa shape index (κ2) is 7.70. The summed E-state index contributed by atoms with van der Waals surface area (Å²) in [4.78, 5) is 16.8. The van der Waals surface area contributed by atoms with Gasteiger partial charge in [0.05, 0.1) is 34.1 Å². The van der Waals surface area contributed by atoms with Crippen LogP contribution in [0.5, 0.6) is 5.88 Å². The predicted molar refractivity (Wildman–Crippen MR) is 103 cm³/mol. The van der Waals surface area contributed by atoms with Crippen LogP contribution in [0.3, 0.4) is 0 Å². The van der Waals surface area contributed by atoms with E-state index in [0.29, 0.717) is 22.0 Å². The molecule has 0 unspecified atom stereocenters. The summed E-state index contributed by atoms with van der Waals surface area (Å²) in [7, 11) is 0. The van der Waals surface area contributed by atoms with E-state index in [-0.39, 0.29) is 28.6 Å². The second-order valence-electron chi connectivity index (χ2n) is 5.65. The maximum Gasteiger partial charge on any atom is 0.271 e. The van der Waals surface area contributed by atoms with Crippen LogP contribution in [-0.2, 0) is 6.54 Å². The average molecular weight is 402 g/mol. The first kappa shape index (κ1) is 18.8. The Labute approximate surface area is 164 Å². The van der Waals surface area contributed by atoms with Crippen LogP contribution in [0.2, 0.25) is 10.0 Å². The van der Waals surface area contributed by atoms with Crippen LogP contribution in [-0.4, -0.2) is 15.9 Å². The Hall–Kier alpha value is -3.01. The van der Waals surface area contributed by atoms with Crippen LogP contribution >= 0.6 is 23.2 Å². The number of aromatic hydroxyl groups is 1. The monoisotopic (exact) mass is 401 g/mol. The van der Waals surface area contributed by atoms with E-state index in [9.17, 15) is 15.2 Å². The SMILES string of the molecule is Cc1c(C=Nc2cccc(Cl)c2Cl)c(O)n(Cc2ccco2)c(=O)c1C#N. The van der Waals surface area contributed by atoms with E-state index < -0.39 is 5.56 Å². The molecule has 0 saturated heterocycles. The van der Waals surface area contributed by atoms with E-state index in [2.05, 4.69) is 4.99 Å². The molecule has 0 atom stereocenters. The van der Waals surface area contributed by atoms with Gasteiger partial charge in [0.2, 0.25) is 5.88 Å². The molecule has 0 fully saturated rings. The number of benzene rings is 1. The summed E-state index contributed by atoms with van der Waals surface area (Å²) < 4.78 is 6.29. The standard InChI is InChI=1S/C19H13Cl2N3O3/c1-11-13(8-22)18(25)24(10-12-4-3-7-27-12)19(26)14(11)9-23-16-6-2-5-15(20)17(16)21/h2-7,9,26H,10H2,1H3. The Morgan fingerprint density at radius 3 is 2.78 bits per heavy atom. The highest BCUT2D eigenvalue weighted by Crippen LogP contribution is 2.32. The maximum absolute atomic E-state index is 12.5. The summed E-state index contributed by atoms with van der Waals surface area (Å²) in [6.45, 7) is 1.54. The molecule has 0 radical (unpaired) electrons. The van der Waals surface area contributed by atoms with Crippen LogP contribution in [0.1, 0.15) is 22.5 Å². The molecule has 1 aromatic carbocycles. The van der Waals surface area contributed by atoms with Gasteiger partial charge in [0.1, 0.15) is 17.4 Å². The first-order valence-electron chi connectivity index (χ1n) is 7.81. The lowest BCUT2D eigenvalue weighted by molar-refractivity contribution is 0.397. The number of hydrogen-bond acceptors (Lipinski definition) is 5. The minimum Gasteiger partial charge on any atom is -0.494 e. The fourth-order valence-electron chi connectivity index (χ4n) is 2.56. The molecule has 0 saturated carbocycles.